The van der Waals surface area contributed by atoms with Crippen LogP contribution in [-0.4, -0.2) is 37.7 Å². The van der Waals surface area contributed by atoms with Gasteiger partial charge in [-0.05, 0) is 12.1 Å². The molecule has 0 radical (unpaired) electrons. The number of benzene rings is 1. The van der Waals surface area contributed by atoms with Crippen LogP contribution in [0.2, 0.25) is 0 Å². The second-order valence-corrected chi connectivity index (χ2v) is 4.63. The van der Waals surface area contributed by atoms with Gasteiger partial charge in [0, 0.05) is 19.0 Å². The number of ether oxygens (including phenoxy) is 2. The molecule has 6 nitrogen and oxygen atoms in total. The molecule has 0 saturated carbocycles. The number of carboxylic acid groups (broad SMARTS) is 1. The molecule has 0 aliphatic rings. The van der Waals surface area contributed by atoms with Crippen molar-refractivity contribution in [1.82, 2.24) is 0 Å². The number of carbonyl (C=O) groups is 2. The van der Waals surface area contributed by atoms with Gasteiger partial charge >= 0.3 is 5.97 Å². The van der Waals surface area contributed by atoms with E-state index in [9.17, 15) is 9.59 Å². The molecule has 1 amide bonds. The van der Waals surface area contributed by atoms with Gasteiger partial charge < -0.3 is 19.5 Å². The summed E-state index contributed by atoms with van der Waals surface area (Å²) in [5, 5.41) is 9.05. The summed E-state index contributed by atoms with van der Waals surface area (Å²) < 4.78 is 10.4. The Balaban J connectivity index is 3.19. The zero-order chi connectivity index (χ0) is 16.0. The van der Waals surface area contributed by atoms with Crippen LogP contribution in [0, 0.1) is 5.92 Å². The molecule has 1 rings (SSSR count). The lowest BCUT2D eigenvalue weighted by Crippen LogP contribution is -2.36. The van der Waals surface area contributed by atoms with Gasteiger partial charge in [-0.2, -0.15) is 0 Å². The van der Waals surface area contributed by atoms with Gasteiger partial charge in [0.1, 0.15) is 11.5 Å². The van der Waals surface area contributed by atoms with E-state index in [0.717, 1.165) is 0 Å². The van der Waals surface area contributed by atoms with Crippen LogP contribution in [0.3, 0.4) is 0 Å². The number of nitrogens with zero attached hydrogens (tertiary/aromatic N) is 1. The van der Waals surface area contributed by atoms with Gasteiger partial charge in [-0.1, -0.05) is 13.8 Å². The Morgan fingerprint density at radius 2 is 1.95 bits per heavy atom. The summed E-state index contributed by atoms with van der Waals surface area (Å²) in [5.74, 6) is -0.713. The van der Waals surface area contributed by atoms with Crippen molar-refractivity contribution in [2.75, 3.05) is 25.7 Å². The lowest BCUT2D eigenvalue weighted by Gasteiger charge is -2.26. The summed E-state index contributed by atoms with van der Waals surface area (Å²) in [6.07, 6.45) is 0.279. The van der Waals surface area contributed by atoms with Crippen LogP contribution >= 0.6 is 0 Å². The highest BCUT2D eigenvalue weighted by atomic mass is 16.5. The van der Waals surface area contributed by atoms with Crippen LogP contribution in [-0.2, 0) is 9.59 Å². The van der Waals surface area contributed by atoms with Crippen molar-refractivity contribution >= 4 is 17.6 Å². The molecule has 1 aromatic carbocycles. The highest BCUT2D eigenvalue weighted by Gasteiger charge is 2.23. The van der Waals surface area contributed by atoms with E-state index in [2.05, 4.69) is 0 Å². The molecule has 1 atom stereocenters. The maximum absolute atomic E-state index is 12.1. The van der Waals surface area contributed by atoms with Crippen LogP contribution in [0.25, 0.3) is 0 Å². The highest BCUT2D eigenvalue weighted by molar-refractivity contribution is 5.95. The second kappa shape index (κ2) is 7.52. The van der Waals surface area contributed by atoms with Crippen molar-refractivity contribution in [3.05, 3.63) is 18.2 Å². The third-order valence-corrected chi connectivity index (χ3v) is 3.16. The molecule has 116 valence electrons. The molecule has 0 aromatic heterocycles. The van der Waals surface area contributed by atoms with Gasteiger partial charge in [0.25, 0.3) is 0 Å². The molecule has 0 spiro atoms. The SMILES string of the molecule is CCC(=O)N(CC(C)C(=O)O)c1ccc(OC)cc1OC. The van der Waals surface area contributed by atoms with Crippen LogP contribution in [0.15, 0.2) is 18.2 Å². The predicted molar refractivity (Wildman–Crippen MR) is 79.0 cm³/mol. The zero-order valence-electron chi connectivity index (χ0n) is 12.8. The predicted octanol–water partition coefficient (Wildman–Crippen LogP) is 2.17. The van der Waals surface area contributed by atoms with Crippen molar-refractivity contribution in [1.29, 1.82) is 0 Å². The topological polar surface area (TPSA) is 76.1 Å². The molecule has 21 heavy (non-hydrogen) atoms. The minimum atomic E-state index is -0.948. The molecule has 0 aliphatic carbocycles. The first-order valence-corrected chi connectivity index (χ1v) is 6.69. The molecule has 0 aliphatic heterocycles. The number of carboxylic acids is 1. The van der Waals surface area contributed by atoms with Crippen LogP contribution < -0.4 is 14.4 Å². The number of aliphatic carboxylic acids is 1. The summed E-state index contributed by atoms with van der Waals surface area (Å²) >= 11 is 0. The molecule has 1 aromatic rings. The Bertz CT molecular complexity index is 515. The molecular formula is C15H21NO5. The van der Waals surface area contributed by atoms with Crippen LogP contribution in [0.5, 0.6) is 11.5 Å². The highest BCUT2D eigenvalue weighted by Crippen LogP contribution is 2.33. The molecule has 0 bridgehead atoms. The zero-order valence-corrected chi connectivity index (χ0v) is 12.8. The lowest BCUT2D eigenvalue weighted by atomic mass is 10.1. The maximum atomic E-state index is 12.1. The minimum Gasteiger partial charge on any atom is -0.497 e. The Kier molecular flexibility index (Phi) is 6.02. The average Bonchev–Trinajstić information content (AvgIpc) is 2.50. The molecule has 1 unspecified atom stereocenters. The molecule has 0 fully saturated rings. The van der Waals surface area contributed by atoms with Gasteiger partial charge in [-0.15, -0.1) is 0 Å². The van der Waals surface area contributed by atoms with Crippen LogP contribution in [0.4, 0.5) is 5.69 Å². The van der Waals surface area contributed by atoms with Crippen molar-refractivity contribution in [3.63, 3.8) is 0 Å². The van der Waals surface area contributed by atoms with Crippen LogP contribution in [0.1, 0.15) is 20.3 Å². The normalized spacial score (nSPS) is 11.6. The average molecular weight is 295 g/mol. The minimum absolute atomic E-state index is 0.0880. The van der Waals surface area contributed by atoms with E-state index >= 15 is 0 Å². The van der Waals surface area contributed by atoms with Crippen molar-refractivity contribution in [3.8, 4) is 11.5 Å². The summed E-state index contributed by atoms with van der Waals surface area (Å²) in [6, 6.07) is 5.07. The smallest absolute Gasteiger partial charge is 0.308 e. The van der Waals surface area contributed by atoms with Gasteiger partial charge in [0.15, 0.2) is 0 Å². The number of hydrogen-bond acceptors (Lipinski definition) is 4. The summed E-state index contributed by atoms with van der Waals surface area (Å²) in [5.41, 5.74) is 0.540. The van der Waals surface area contributed by atoms with E-state index in [0.29, 0.717) is 17.2 Å². The largest absolute Gasteiger partial charge is 0.497 e. The third-order valence-electron chi connectivity index (χ3n) is 3.16. The number of amides is 1. The number of rotatable bonds is 7. The summed E-state index contributed by atoms with van der Waals surface area (Å²) in [4.78, 5) is 24.6. The van der Waals surface area contributed by atoms with Gasteiger partial charge in [-0.3, -0.25) is 9.59 Å². The van der Waals surface area contributed by atoms with E-state index in [4.69, 9.17) is 14.6 Å². The first-order chi connectivity index (χ1) is 9.94. The lowest BCUT2D eigenvalue weighted by molar-refractivity contribution is -0.140. The molecule has 0 saturated heterocycles. The molecule has 0 heterocycles. The van der Waals surface area contributed by atoms with E-state index in [1.807, 2.05) is 0 Å². The Labute approximate surface area is 124 Å². The Morgan fingerprint density at radius 1 is 1.29 bits per heavy atom. The van der Waals surface area contributed by atoms with Gasteiger partial charge in [-0.25, -0.2) is 0 Å². The van der Waals surface area contributed by atoms with Gasteiger partial charge in [0.2, 0.25) is 5.91 Å². The van der Waals surface area contributed by atoms with Crippen molar-refractivity contribution in [2.45, 2.75) is 20.3 Å². The number of carbonyl (C=O) groups excluding carboxylic acids is 1. The first kappa shape index (κ1) is 16.8. The first-order valence-electron chi connectivity index (χ1n) is 6.69. The van der Waals surface area contributed by atoms with Gasteiger partial charge in [0.05, 0.1) is 25.8 Å². The van der Waals surface area contributed by atoms with E-state index in [1.165, 1.54) is 19.1 Å². The molecular weight excluding hydrogens is 274 g/mol. The second-order valence-electron chi connectivity index (χ2n) is 4.63. The fourth-order valence-electron chi connectivity index (χ4n) is 1.89. The standard InChI is InChI=1S/C15H21NO5/c1-5-14(17)16(9-10(2)15(18)19)12-7-6-11(20-3)8-13(12)21-4/h6-8,10H,5,9H2,1-4H3,(H,18,19). The third kappa shape index (κ3) is 4.11. The fraction of sp³-hybridized carbons (Fsp3) is 0.467. The summed E-state index contributed by atoms with van der Waals surface area (Å²) in [6.45, 7) is 3.38. The Morgan fingerprint density at radius 3 is 2.43 bits per heavy atom. The van der Waals surface area contributed by atoms with E-state index in [1.54, 1.807) is 32.0 Å². The van der Waals surface area contributed by atoms with Crippen molar-refractivity contribution < 1.29 is 24.2 Å². The van der Waals surface area contributed by atoms with Crippen molar-refractivity contribution in [2.24, 2.45) is 5.92 Å². The quantitative estimate of drug-likeness (QED) is 0.834. The van der Waals surface area contributed by atoms with E-state index in [-0.39, 0.29) is 18.9 Å². The Hall–Kier alpha value is -2.24. The fourth-order valence-corrected chi connectivity index (χ4v) is 1.89. The maximum Gasteiger partial charge on any atom is 0.308 e. The number of hydrogen-bond donors (Lipinski definition) is 1. The number of methoxy groups -OCH3 is 2. The van der Waals surface area contributed by atoms with E-state index < -0.39 is 11.9 Å². The molecule has 6 heteroatoms. The monoisotopic (exact) mass is 295 g/mol. The summed E-state index contributed by atoms with van der Waals surface area (Å²) in [7, 11) is 3.03. The number of anilines is 1. The molecule has 1 N–H and O–H groups in total.